The van der Waals surface area contributed by atoms with Crippen LogP contribution in [0.4, 0.5) is 23.0 Å². The fourth-order valence-electron chi connectivity index (χ4n) is 1.97. The highest BCUT2D eigenvalue weighted by Crippen LogP contribution is 2.25. The predicted octanol–water partition coefficient (Wildman–Crippen LogP) is 2.91. The van der Waals surface area contributed by atoms with Crippen molar-refractivity contribution in [2.75, 3.05) is 22.9 Å². The summed E-state index contributed by atoms with van der Waals surface area (Å²) >= 11 is 1.74. The number of nitrogens with zero attached hydrogens (tertiary/aromatic N) is 3. The van der Waals surface area contributed by atoms with Crippen LogP contribution in [0.15, 0.2) is 48.4 Å². The molecule has 0 aliphatic heterocycles. The monoisotopic (exact) mass is 312 g/mol. The third-order valence-corrected chi connectivity index (χ3v) is 4.01. The van der Waals surface area contributed by atoms with E-state index in [1.54, 1.807) is 23.7 Å². The van der Waals surface area contributed by atoms with E-state index in [9.17, 15) is 0 Å². The van der Waals surface area contributed by atoms with Crippen molar-refractivity contribution in [3.63, 3.8) is 0 Å². The molecule has 4 N–H and O–H groups in total. The molecule has 3 aromatic heterocycles. The SMILES string of the molecule is Nc1c(NCCc2cccs2)ncnc1Nc1ccncc1. The second-order valence-electron chi connectivity index (χ2n) is 4.60. The maximum atomic E-state index is 6.13. The fourth-order valence-corrected chi connectivity index (χ4v) is 2.68. The van der Waals surface area contributed by atoms with Crippen LogP contribution in [-0.2, 0) is 6.42 Å². The van der Waals surface area contributed by atoms with E-state index in [2.05, 4.69) is 43.1 Å². The van der Waals surface area contributed by atoms with Crippen LogP contribution in [0.1, 0.15) is 4.88 Å². The summed E-state index contributed by atoms with van der Waals surface area (Å²) in [6.45, 7) is 0.774. The molecule has 0 saturated heterocycles. The third kappa shape index (κ3) is 3.50. The van der Waals surface area contributed by atoms with Gasteiger partial charge < -0.3 is 16.4 Å². The van der Waals surface area contributed by atoms with E-state index in [-0.39, 0.29) is 0 Å². The lowest BCUT2D eigenvalue weighted by molar-refractivity contribution is 1.02. The minimum atomic E-state index is 0.505. The van der Waals surface area contributed by atoms with Crippen LogP contribution in [0.2, 0.25) is 0 Å². The Bertz CT molecular complexity index is 714. The molecule has 0 amide bonds. The summed E-state index contributed by atoms with van der Waals surface area (Å²) in [5.41, 5.74) is 7.51. The molecule has 22 heavy (non-hydrogen) atoms. The summed E-state index contributed by atoms with van der Waals surface area (Å²) in [5.74, 6) is 1.22. The highest BCUT2D eigenvalue weighted by Gasteiger charge is 2.08. The van der Waals surface area contributed by atoms with Crippen molar-refractivity contribution >= 4 is 34.3 Å². The first-order valence-electron chi connectivity index (χ1n) is 6.86. The number of aromatic nitrogens is 3. The number of pyridine rings is 1. The van der Waals surface area contributed by atoms with Gasteiger partial charge in [0.05, 0.1) is 0 Å². The largest absolute Gasteiger partial charge is 0.393 e. The molecule has 0 fully saturated rings. The summed E-state index contributed by atoms with van der Waals surface area (Å²) in [7, 11) is 0. The van der Waals surface area contributed by atoms with E-state index in [1.165, 1.54) is 11.2 Å². The summed E-state index contributed by atoms with van der Waals surface area (Å²) < 4.78 is 0. The molecule has 112 valence electrons. The fraction of sp³-hybridized carbons (Fsp3) is 0.133. The van der Waals surface area contributed by atoms with Gasteiger partial charge in [-0.25, -0.2) is 9.97 Å². The van der Waals surface area contributed by atoms with Gasteiger partial charge >= 0.3 is 0 Å². The quantitative estimate of drug-likeness (QED) is 0.648. The van der Waals surface area contributed by atoms with E-state index in [0.717, 1.165) is 18.7 Å². The molecule has 0 bridgehead atoms. The van der Waals surface area contributed by atoms with Crippen LogP contribution in [0.25, 0.3) is 0 Å². The van der Waals surface area contributed by atoms with Crippen LogP contribution < -0.4 is 16.4 Å². The first-order valence-corrected chi connectivity index (χ1v) is 7.74. The molecule has 3 aromatic rings. The molecule has 0 aliphatic carbocycles. The van der Waals surface area contributed by atoms with Crippen LogP contribution in [-0.4, -0.2) is 21.5 Å². The van der Waals surface area contributed by atoms with Crippen LogP contribution in [0, 0.1) is 0 Å². The number of nitrogens with two attached hydrogens (primary N) is 1. The lowest BCUT2D eigenvalue weighted by Gasteiger charge is -2.12. The minimum absolute atomic E-state index is 0.505. The zero-order valence-electron chi connectivity index (χ0n) is 11.9. The summed E-state index contributed by atoms with van der Waals surface area (Å²) in [6.07, 6.45) is 5.85. The summed E-state index contributed by atoms with van der Waals surface area (Å²) in [4.78, 5) is 13.7. The van der Waals surface area contributed by atoms with Crippen molar-refractivity contribution in [2.45, 2.75) is 6.42 Å². The first kappa shape index (κ1) is 14.3. The standard InChI is InChI=1S/C15H16N6S/c16-13-14(18-8-5-12-2-1-9-22-12)19-10-20-15(13)21-11-3-6-17-7-4-11/h1-4,6-7,9-10H,5,8,16H2,(H2,17,18,19,20,21). The number of hydrogen-bond acceptors (Lipinski definition) is 7. The number of nitrogens with one attached hydrogen (secondary N) is 2. The number of anilines is 4. The van der Waals surface area contributed by atoms with Gasteiger partial charge in [0.25, 0.3) is 0 Å². The van der Waals surface area contributed by atoms with Gasteiger partial charge in [-0.05, 0) is 30.0 Å². The van der Waals surface area contributed by atoms with Crippen molar-refractivity contribution in [1.82, 2.24) is 15.0 Å². The summed E-state index contributed by atoms with van der Waals surface area (Å²) in [6, 6.07) is 7.87. The molecule has 3 rings (SSSR count). The Morgan fingerprint density at radius 3 is 2.68 bits per heavy atom. The lowest BCUT2D eigenvalue weighted by Crippen LogP contribution is -2.10. The Morgan fingerprint density at radius 2 is 1.91 bits per heavy atom. The normalized spacial score (nSPS) is 10.4. The molecule has 7 heteroatoms. The van der Waals surface area contributed by atoms with E-state index in [0.29, 0.717) is 17.3 Å². The van der Waals surface area contributed by atoms with Crippen molar-refractivity contribution in [3.05, 3.63) is 53.2 Å². The van der Waals surface area contributed by atoms with E-state index < -0.39 is 0 Å². The zero-order chi connectivity index (χ0) is 15.2. The third-order valence-electron chi connectivity index (χ3n) is 3.07. The van der Waals surface area contributed by atoms with E-state index in [1.807, 2.05) is 12.1 Å². The van der Waals surface area contributed by atoms with Gasteiger partial charge in [0.2, 0.25) is 0 Å². The van der Waals surface area contributed by atoms with Crippen molar-refractivity contribution in [1.29, 1.82) is 0 Å². The van der Waals surface area contributed by atoms with Crippen LogP contribution >= 0.6 is 11.3 Å². The Hall–Kier alpha value is -2.67. The highest BCUT2D eigenvalue weighted by molar-refractivity contribution is 7.09. The van der Waals surface area contributed by atoms with Gasteiger partial charge in [-0.2, -0.15) is 0 Å². The van der Waals surface area contributed by atoms with Crippen molar-refractivity contribution < 1.29 is 0 Å². The van der Waals surface area contributed by atoms with Gasteiger partial charge in [-0.3, -0.25) is 4.98 Å². The molecule has 0 saturated carbocycles. The Balaban J connectivity index is 1.66. The summed E-state index contributed by atoms with van der Waals surface area (Å²) in [5, 5.41) is 8.49. The second-order valence-corrected chi connectivity index (χ2v) is 5.63. The number of rotatable bonds is 6. The topological polar surface area (TPSA) is 88.8 Å². The minimum Gasteiger partial charge on any atom is -0.393 e. The number of thiophene rings is 1. The van der Waals surface area contributed by atoms with Gasteiger partial charge in [0, 0.05) is 29.5 Å². The van der Waals surface area contributed by atoms with E-state index >= 15 is 0 Å². The lowest BCUT2D eigenvalue weighted by atomic mass is 10.3. The van der Waals surface area contributed by atoms with Crippen molar-refractivity contribution in [2.24, 2.45) is 0 Å². The Labute approximate surface area is 132 Å². The van der Waals surface area contributed by atoms with Crippen LogP contribution in [0.3, 0.4) is 0 Å². The first-order chi connectivity index (χ1) is 10.8. The van der Waals surface area contributed by atoms with Gasteiger partial charge in [0.1, 0.15) is 12.0 Å². The maximum Gasteiger partial charge on any atom is 0.159 e. The second kappa shape index (κ2) is 6.86. The average Bonchev–Trinajstić information content (AvgIpc) is 3.05. The molecule has 0 unspecified atom stereocenters. The molecule has 0 aliphatic rings. The number of nitrogen functional groups attached to an aromatic ring is 1. The smallest absolute Gasteiger partial charge is 0.159 e. The molecule has 0 radical (unpaired) electrons. The molecule has 0 aromatic carbocycles. The molecule has 6 nitrogen and oxygen atoms in total. The Kier molecular flexibility index (Phi) is 4.45. The maximum absolute atomic E-state index is 6.13. The average molecular weight is 312 g/mol. The molecule has 3 heterocycles. The molecular formula is C15H16N6S. The van der Waals surface area contributed by atoms with Crippen molar-refractivity contribution in [3.8, 4) is 0 Å². The Morgan fingerprint density at radius 1 is 1.09 bits per heavy atom. The molecule has 0 spiro atoms. The van der Waals surface area contributed by atoms with Gasteiger partial charge in [-0.1, -0.05) is 6.07 Å². The predicted molar refractivity (Wildman–Crippen MR) is 90.5 cm³/mol. The zero-order valence-corrected chi connectivity index (χ0v) is 12.7. The highest BCUT2D eigenvalue weighted by atomic mass is 32.1. The molecule has 0 atom stereocenters. The molecular weight excluding hydrogens is 296 g/mol. The number of hydrogen-bond donors (Lipinski definition) is 3. The van der Waals surface area contributed by atoms with Crippen LogP contribution in [0.5, 0.6) is 0 Å². The van der Waals surface area contributed by atoms with Gasteiger partial charge in [-0.15, -0.1) is 11.3 Å². The van der Waals surface area contributed by atoms with Gasteiger partial charge in [0.15, 0.2) is 11.6 Å². The van der Waals surface area contributed by atoms with E-state index in [4.69, 9.17) is 5.73 Å².